The van der Waals surface area contributed by atoms with Crippen LogP contribution in [0.15, 0.2) is 0 Å². The van der Waals surface area contributed by atoms with E-state index in [1.165, 1.54) is 0 Å². The quantitative estimate of drug-likeness (QED) is 0.716. The number of rotatable bonds is 2. The first-order valence-corrected chi connectivity index (χ1v) is 3.74. The standard InChI is InChI=1S/2C4H8O2.Cu/c2*1-3(2)4(5)6;/h2*3H,1-2H3,(H,5,6);. The summed E-state index contributed by atoms with van der Waals surface area (Å²) in [5.74, 6) is -1.94. The molecule has 0 aromatic heterocycles. The van der Waals surface area contributed by atoms with Crippen molar-refractivity contribution >= 4 is 11.9 Å². The fraction of sp³-hybridized carbons (Fsp3) is 0.750. The number of aliphatic carboxylic acids is 2. The molecule has 0 heterocycles. The first-order chi connectivity index (χ1) is 5.29. The first-order valence-electron chi connectivity index (χ1n) is 3.74. The molecule has 0 bridgehead atoms. The molecular weight excluding hydrogens is 224 g/mol. The smallest absolute Gasteiger partial charge is 0.305 e. The van der Waals surface area contributed by atoms with Crippen molar-refractivity contribution in [2.45, 2.75) is 27.7 Å². The molecule has 4 nitrogen and oxygen atoms in total. The van der Waals surface area contributed by atoms with Crippen LogP contribution in [-0.2, 0) is 26.7 Å². The fourth-order valence-corrected chi connectivity index (χ4v) is 0. The molecule has 5 heteroatoms. The summed E-state index contributed by atoms with van der Waals surface area (Å²) in [7, 11) is 0. The van der Waals surface area contributed by atoms with E-state index in [-0.39, 0.29) is 28.9 Å². The Labute approximate surface area is 88.8 Å². The molecule has 0 aliphatic carbocycles. The van der Waals surface area contributed by atoms with E-state index in [2.05, 4.69) is 0 Å². The van der Waals surface area contributed by atoms with Crippen LogP contribution in [0.4, 0.5) is 0 Å². The summed E-state index contributed by atoms with van der Waals surface area (Å²) in [6.45, 7) is 6.56. The Morgan fingerprint density at radius 3 is 0.923 bits per heavy atom. The van der Waals surface area contributed by atoms with Crippen LogP contribution in [0.1, 0.15) is 27.7 Å². The van der Waals surface area contributed by atoms with E-state index < -0.39 is 11.9 Å². The molecule has 0 atom stereocenters. The van der Waals surface area contributed by atoms with Crippen LogP contribution in [0.5, 0.6) is 0 Å². The summed E-state index contributed by atoms with van der Waals surface area (Å²) in [6, 6.07) is 0. The predicted molar refractivity (Wildman–Crippen MR) is 44.9 cm³/mol. The van der Waals surface area contributed by atoms with E-state index in [0.29, 0.717) is 0 Å². The molecule has 0 aromatic carbocycles. The molecule has 0 aliphatic rings. The van der Waals surface area contributed by atoms with Crippen molar-refractivity contribution < 1.29 is 36.9 Å². The third-order valence-corrected chi connectivity index (χ3v) is 0.988. The zero-order chi connectivity index (χ0) is 10.3. The van der Waals surface area contributed by atoms with Crippen LogP contribution >= 0.6 is 0 Å². The Morgan fingerprint density at radius 2 is 0.923 bits per heavy atom. The van der Waals surface area contributed by atoms with Gasteiger partial charge in [0, 0.05) is 17.1 Å². The SMILES string of the molecule is CC(C)C(=O)O.CC(C)C(=O)O.[Cu]. The van der Waals surface area contributed by atoms with Crippen molar-refractivity contribution in [1.29, 1.82) is 0 Å². The van der Waals surface area contributed by atoms with Crippen molar-refractivity contribution in [2.75, 3.05) is 0 Å². The Balaban J connectivity index is -0.000000143. The molecule has 0 rings (SSSR count). The van der Waals surface area contributed by atoms with E-state index in [1.807, 2.05) is 0 Å². The van der Waals surface area contributed by atoms with Crippen LogP contribution in [0.2, 0.25) is 0 Å². The van der Waals surface area contributed by atoms with Crippen LogP contribution in [0.3, 0.4) is 0 Å². The van der Waals surface area contributed by atoms with Crippen LogP contribution < -0.4 is 0 Å². The minimum atomic E-state index is -0.741. The number of hydrogen-bond donors (Lipinski definition) is 2. The van der Waals surface area contributed by atoms with Crippen LogP contribution in [0.25, 0.3) is 0 Å². The summed E-state index contributed by atoms with van der Waals surface area (Å²) in [5.41, 5.74) is 0. The molecule has 2 N–H and O–H groups in total. The Kier molecular flexibility index (Phi) is 13.4. The Morgan fingerprint density at radius 1 is 0.846 bits per heavy atom. The third-order valence-electron chi connectivity index (χ3n) is 0.988. The molecule has 0 amide bonds. The second-order valence-electron chi connectivity index (χ2n) is 2.99. The van der Waals surface area contributed by atoms with E-state index in [9.17, 15) is 9.59 Å². The van der Waals surface area contributed by atoms with Crippen molar-refractivity contribution in [1.82, 2.24) is 0 Å². The fourth-order valence-electron chi connectivity index (χ4n) is 0. The van der Waals surface area contributed by atoms with Gasteiger partial charge in [0.15, 0.2) is 0 Å². The third kappa shape index (κ3) is 18.4. The molecule has 0 unspecified atom stereocenters. The maximum Gasteiger partial charge on any atom is 0.305 e. The number of carbonyl (C=O) groups is 2. The Bertz CT molecular complexity index is 136. The predicted octanol–water partition coefficient (Wildman–Crippen LogP) is 1.45. The molecule has 0 spiro atoms. The molecule has 0 saturated carbocycles. The summed E-state index contributed by atoms with van der Waals surface area (Å²) in [4.78, 5) is 19.4. The summed E-state index contributed by atoms with van der Waals surface area (Å²) < 4.78 is 0. The van der Waals surface area contributed by atoms with Gasteiger partial charge in [0.2, 0.25) is 0 Å². The van der Waals surface area contributed by atoms with E-state index >= 15 is 0 Å². The van der Waals surface area contributed by atoms with Crippen molar-refractivity contribution in [3.8, 4) is 0 Å². The minimum absolute atomic E-state index is 0. The number of carboxylic acids is 2. The zero-order valence-corrected chi connectivity index (χ0v) is 9.11. The van der Waals surface area contributed by atoms with Gasteiger partial charge in [-0.05, 0) is 0 Å². The second-order valence-corrected chi connectivity index (χ2v) is 2.99. The molecule has 0 saturated heterocycles. The summed E-state index contributed by atoms with van der Waals surface area (Å²) in [6.07, 6.45) is 0. The van der Waals surface area contributed by atoms with E-state index in [4.69, 9.17) is 10.2 Å². The Hall–Kier alpha value is -0.541. The van der Waals surface area contributed by atoms with Gasteiger partial charge in [-0.3, -0.25) is 9.59 Å². The van der Waals surface area contributed by atoms with Gasteiger partial charge in [-0.2, -0.15) is 0 Å². The molecule has 0 fully saturated rings. The second kappa shape index (κ2) is 9.55. The first kappa shape index (κ1) is 18.3. The van der Waals surface area contributed by atoms with Crippen LogP contribution in [-0.4, -0.2) is 22.2 Å². The van der Waals surface area contributed by atoms with Crippen molar-refractivity contribution in [3.05, 3.63) is 0 Å². The topological polar surface area (TPSA) is 74.6 Å². The molecular formula is C8H16CuO4. The maximum atomic E-state index is 9.70. The van der Waals surface area contributed by atoms with Crippen LogP contribution in [0, 0.1) is 11.8 Å². The van der Waals surface area contributed by atoms with Gasteiger partial charge in [0.25, 0.3) is 0 Å². The van der Waals surface area contributed by atoms with E-state index in [1.54, 1.807) is 27.7 Å². The molecule has 83 valence electrons. The largest absolute Gasteiger partial charge is 0.481 e. The maximum absolute atomic E-state index is 9.70. The van der Waals surface area contributed by atoms with Crippen molar-refractivity contribution in [3.63, 3.8) is 0 Å². The minimum Gasteiger partial charge on any atom is -0.481 e. The molecule has 1 radical (unpaired) electrons. The molecule has 13 heavy (non-hydrogen) atoms. The molecule has 0 aliphatic heterocycles. The van der Waals surface area contributed by atoms with Gasteiger partial charge in [-0.1, -0.05) is 27.7 Å². The normalized spacial score (nSPS) is 8.46. The number of carboxylic acid groups (broad SMARTS) is 2. The average Bonchev–Trinajstić information content (AvgIpc) is 1.88. The average molecular weight is 240 g/mol. The van der Waals surface area contributed by atoms with Gasteiger partial charge in [-0.15, -0.1) is 0 Å². The monoisotopic (exact) mass is 239 g/mol. The van der Waals surface area contributed by atoms with Gasteiger partial charge in [-0.25, -0.2) is 0 Å². The van der Waals surface area contributed by atoms with Gasteiger partial charge >= 0.3 is 11.9 Å². The zero-order valence-electron chi connectivity index (χ0n) is 8.17. The van der Waals surface area contributed by atoms with Gasteiger partial charge < -0.3 is 10.2 Å². The summed E-state index contributed by atoms with van der Waals surface area (Å²) >= 11 is 0. The van der Waals surface area contributed by atoms with Gasteiger partial charge in [0.1, 0.15) is 0 Å². The summed E-state index contributed by atoms with van der Waals surface area (Å²) in [5, 5.41) is 16.0. The van der Waals surface area contributed by atoms with Crippen molar-refractivity contribution in [2.24, 2.45) is 11.8 Å². The number of hydrogen-bond acceptors (Lipinski definition) is 2. The van der Waals surface area contributed by atoms with E-state index in [0.717, 1.165) is 0 Å². The van der Waals surface area contributed by atoms with Gasteiger partial charge in [0.05, 0.1) is 11.8 Å². The molecule has 0 aromatic rings.